The summed E-state index contributed by atoms with van der Waals surface area (Å²) >= 11 is 0. The summed E-state index contributed by atoms with van der Waals surface area (Å²) < 4.78 is 28.5. The van der Waals surface area contributed by atoms with Gasteiger partial charge in [-0.15, -0.1) is 0 Å². The first-order valence-electron chi connectivity index (χ1n) is 5.12. The molecular formula is C12H12F2N2O. The van der Waals surface area contributed by atoms with Crippen molar-refractivity contribution in [3.05, 3.63) is 52.9 Å². The fraction of sp³-hybridized carbons (Fsp3) is 0.250. The van der Waals surface area contributed by atoms with Crippen molar-refractivity contribution in [2.24, 2.45) is 7.05 Å². The van der Waals surface area contributed by atoms with E-state index in [9.17, 15) is 13.9 Å². The number of aliphatic hydroxyl groups is 1. The second-order valence-electron chi connectivity index (χ2n) is 3.95. The molecule has 0 aliphatic rings. The van der Waals surface area contributed by atoms with Crippen LogP contribution in [0.5, 0.6) is 0 Å². The molecule has 17 heavy (non-hydrogen) atoms. The molecule has 0 fully saturated rings. The molecule has 0 saturated carbocycles. The van der Waals surface area contributed by atoms with Crippen LogP contribution in [0.15, 0.2) is 24.5 Å². The summed E-state index contributed by atoms with van der Waals surface area (Å²) in [5.74, 6) is -1.94. The molecule has 1 heterocycles. The fourth-order valence-corrected chi connectivity index (χ4v) is 1.63. The van der Waals surface area contributed by atoms with Crippen LogP contribution < -0.4 is 0 Å². The lowest BCUT2D eigenvalue weighted by atomic mass is 10.0. The van der Waals surface area contributed by atoms with E-state index in [1.807, 2.05) is 0 Å². The second-order valence-corrected chi connectivity index (χ2v) is 3.95. The van der Waals surface area contributed by atoms with Crippen LogP contribution in [0.25, 0.3) is 0 Å². The molecule has 1 N–H and O–H groups in total. The van der Waals surface area contributed by atoms with E-state index < -0.39 is 17.7 Å². The lowest BCUT2D eigenvalue weighted by Gasteiger charge is -2.11. The third-order valence-corrected chi connectivity index (χ3v) is 2.64. The van der Waals surface area contributed by atoms with Gasteiger partial charge in [-0.1, -0.05) is 12.1 Å². The first-order valence-corrected chi connectivity index (χ1v) is 5.12. The third-order valence-electron chi connectivity index (χ3n) is 2.64. The van der Waals surface area contributed by atoms with E-state index in [0.717, 1.165) is 0 Å². The minimum atomic E-state index is -1.21. The van der Waals surface area contributed by atoms with Crippen LogP contribution in [0.1, 0.15) is 22.8 Å². The molecule has 0 amide bonds. The highest BCUT2D eigenvalue weighted by molar-refractivity contribution is 5.32. The number of halogens is 2. The van der Waals surface area contributed by atoms with E-state index in [1.165, 1.54) is 29.9 Å². The standard InChI is InChI=1S/C12H12F2N2O/c1-7-3-4-9(11(14)10(7)13)12(17)8-5-15-16(2)6-8/h3-6,12,17H,1-2H3. The molecule has 1 unspecified atom stereocenters. The monoisotopic (exact) mass is 238 g/mol. The van der Waals surface area contributed by atoms with Gasteiger partial charge in [0.1, 0.15) is 6.10 Å². The number of hydrogen-bond donors (Lipinski definition) is 1. The predicted octanol–water partition coefficient (Wildman–Crippen LogP) is 2.09. The van der Waals surface area contributed by atoms with Crippen molar-refractivity contribution in [2.45, 2.75) is 13.0 Å². The van der Waals surface area contributed by atoms with Crippen LogP contribution >= 0.6 is 0 Å². The van der Waals surface area contributed by atoms with Gasteiger partial charge in [-0.25, -0.2) is 8.78 Å². The SMILES string of the molecule is Cc1ccc(C(O)c2cnn(C)c2)c(F)c1F. The van der Waals surface area contributed by atoms with Crippen LogP contribution in [0.4, 0.5) is 8.78 Å². The smallest absolute Gasteiger partial charge is 0.165 e. The zero-order valence-electron chi connectivity index (χ0n) is 9.48. The number of nitrogens with zero attached hydrogens (tertiary/aromatic N) is 2. The Morgan fingerprint density at radius 2 is 2.00 bits per heavy atom. The van der Waals surface area contributed by atoms with E-state index in [2.05, 4.69) is 5.10 Å². The molecule has 0 saturated heterocycles. The van der Waals surface area contributed by atoms with Crippen molar-refractivity contribution in [1.29, 1.82) is 0 Å². The maximum atomic E-state index is 13.6. The first kappa shape index (κ1) is 11.7. The molecule has 0 aliphatic heterocycles. The Hall–Kier alpha value is -1.75. The molecule has 2 aromatic rings. The quantitative estimate of drug-likeness (QED) is 0.870. The average molecular weight is 238 g/mol. The summed E-state index contributed by atoms with van der Waals surface area (Å²) in [6, 6.07) is 2.82. The maximum Gasteiger partial charge on any atom is 0.165 e. The summed E-state index contributed by atoms with van der Waals surface area (Å²) in [4.78, 5) is 0. The Morgan fingerprint density at radius 3 is 2.59 bits per heavy atom. The van der Waals surface area contributed by atoms with E-state index >= 15 is 0 Å². The lowest BCUT2D eigenvalue weighted by Crippen LogP contribution is -2.04. The van der Waals surface area contributed by atoms with Gasteiger partial charge in [0.2, 0.25) is 0 Å². The minimum Gasteiger partial charge on any atom is -0.383 e. The van der Waals surface area contributed by atoms with Crippen molar-refractivity contribution in [3.8, 4) is 0 Å². The Morgan fingerprint density at radius 1 is 1.29 bits per heavy atom. The van der Waals surface area contributed by atoms with Crippen molar-refractivity contribution < 1.29 is 13.9 Å². The first-order chi connectivity index (χ1) is 8.00. The van der Waals surface area contributed by atoms with Gasteiger partial charge in [-0.2, -0.15) is 5.10 Å². The molecule has 1 atom stereocenters. The Labute approximate surface area is 97.3 Å². The van der Waals surface area contributed by atoms with E-state index in [-0.39, 0.29) is 11.1 Å². The molecule has 1 aromatic carbocycles. The van der Waals surface area contributed by atoms with Crippen LogP contribution in [0.3, 0.4) is 0 Å². The molecule has 0 radical (unpaired) electrons. The molecular weight excluding hydrogens is 226 g/mol. The largest absolute Gasteiger partial charge is 0.383 e. The van der Waals surface area contributed by atoms with Crippen molar-refractivity contribution in [2.75, 3.05) is 0 Å². The van der Waals surface area contributed by atoms with Gasteiger partial charge in [0.25, 0.3) is 0 Å². The van der Waals surface area contributed by atoms with Gasteiger partial charge in [0.15, 0.2) is 11.6 Å². The summed E-state index contributed by atoms with van der Waals surface area (Å²) in [6.07, 6.45) is 1.77. The van der Waals surface area contributed by atoms with E-state index in [1.54, 1.807) is 13.2 Å². The van der Waals surface area contributed by atoms with Gasteiger partial charge < -0.3 is 5.11 Å². The zero-order valence-corrected chi connectivity index (χ0v) is 9.48. The highest BCUT2D eigenvalue weighted by Gasteiger charge is 2.19. The molecule has 1 aromatic heterocycles. The van der Waals surface area contributed by atoms with Gasteiger partial charge in [-0.05, 0) is 12.5 Å². The number of benzene rings is 1. The Kier molecular flexibility index (Phi) is 2.93. The van der Waals surface area contributed by atoms with Crippen molar-refractivity contribution in [1.82, 2.24) is 9.78 Å². The van der Waals surface area contributed by atoms with Crippen LogP contribution in [0.2, 0.25) is 0 Å². The number of aryl methyl sites for hydroxylation is 2. The van der Waals surface area contributed by atoms with E-state index in [4.69, 9.17) is 0 Å². The summed E-state index contributed by atoms with van der Waals surface area (Å²) in [6.45, 7) is 1.47. The molecule has 0 aliphatic carbocycles. The molecule has 0 bridgehead atoms. The van der Waals surface area contributed by atoms with Gasteiger partial charge in [0, 0.05) is 24.4 Å². The van der Waals surface area contributed by atoms with Crippen LogP contribution in [-0.2, 0) is 7.05 Å². The summed E-state index contributed by atoms with van der Waals surface area (Å²) in [5.41, 5.74) is 0.556. The fourth-order valence-electron chi connectivity index (χ4n) is 1.63. The van der Waals surface area contributed by atoms with Crippen molar-refractivity contribution in [3.63, 3.8) is 0 Å². The van der Waals surface area contributed by atoms with Gasteiger partial charge >= 0.3 is 0 Å². The lowest BCUT2D eigenvalue weighted by molar-refractivity contribution is 0.213. The summed E-state index contributed by atoms with van der Waals surface area (Å²) in [5, 5.41) is 13.8. The number of rotatable bonds is 2. The minimum absolute atomic E-state index is 0.0823. The number of aliphatic hydroxyl groups excluding tert-OH is 1. The van der Waals surface area contributed by atoms with Crippen LogP contribution in [-0.4, -0.2) is 14.9 Å². The predicted molar refractivity (Wildman–Crippen MR) is 58.4 cm³/mol. The molecule has 5 heteroatoms. The van der Waals surface area contributed by atoms with Crippen LogP contribution in [0, 0.1) is 18.6 Å². The topological polar surface area (TPSA) is 38.1 Å². The Balaban J connectivity index is 2.44. The molecule has 3 nitrogen and oxygen atoms in total. The zero-order chi connectivity index (χ0) is 12.6. The number of hydrogen-bond acceptors (Lipinski definition) is 2. The summed E-state index contributed by atoms with van der Waals surface area (Å²) in [7, 11) is 1.68. The molecule has 2 rings (SSSR count). The van der Waals surface area contributed by atoms with Crippen molar-refractivity contribution >= 4 is 0 Å². The van der Waals surface area contributed by atoms with Gasteiger partial charge in [0.05, 0.1) is 6.20 Å². The normalized spacial score (nSPS) is 12.8. The molecule has 0 spiro atoms. The maximum absolute atomic E-state index is 13.6. The third kappa shape index (κ3) is 2.06. The second kappa shape index (κ2) is 4.25. The average Bonchev–Trinajstić information content (AvgIpc) is 2.72. The highest BCUT2D eigenvalue weighted by atomic mass is 19.2. The number of aromatic nitrogens is 2. The highest BCUT2D eigenvalue weighted by Crippen LogP contribution is 2.26. The Bertz CT molecular complexity index is 551. The van der Waals surface area contributed by atoms with Gasteiger partial charge in [-0.3, -0.25) is 4.68 Å². The van der Waals surface area contributed by atoms with E-state index in [0.29, 0.717) is 5.56 Å². The molecule has 90 valence electrons.